The smallest absolute Gasteiger partial charge is 0.224 e. The zero-order valence-electron chi connectivity index (χ0n) is 10.7. The van der Waals surface area contributed by atoms with E-state index in [1.54, 1.807) is 0 Å². The topological polar surface area (TPSA) is 76.1 Å². The molecule has 0 atom stereocenters. The Morgan fingerprint density at radius 1 is 1.50 bits per heavy atom. The normalized spacial score (nSPS) is 10.3. The minimum atomic E-state index is -0.0730. The fourth-order valence-corrected chi connectivity index (χ4v) is 1.37. The van der Waals surface area contributed by atoms with Crippen molar-refractivity contribution in [1.82, 2.24) is 15.3 Å². The van der Waals surface area contributed by atoms with Crippen molar-refractivity contribution in [3.8, 4) is 5.75 Å². The highest BCUT2D eigenvalue weighted by Crippen LogP contribution is 2.23. The summed E-state index contributed by atoms with van der Waals surface area (Å²) in [6.45, 7) is 6.32. The number of amides is 1. The second-order valence-corrected chi connectivity index (χ2v) is 4.27. The molecule has 6 nitrogen and oxygen atoms in total. The van der Waals surface area contributed by atoms with Gasteiger partial charge in [0.05, 0.1) is 12.3 Å². The number of aromatic nitrogens is 2. The van der Waals surface area contributed by atoms with E-state index in [9.17, 15) is 4.79 Å². The summed E-state index contributed by atoms with van der Waals surface area (Å²) in [5.74, 6) is 0.988. The highest BCUT2D eigenvalue weighted by molar-refractivity contribution is 6.28. The molecule has 100 valence electrons. The Bertz CT molecular complexity index is 412. The zero-order chi connectivity index (χ0) is 13.5. The molecule has 0 aliphatic rings. The highest BCUT2D eigenvalue weighted by atomic mass is 35.5. The van der Waals surface area contributed by atoms with E-state index in [1.165, 1.54) is 13.1 Å². The van der Waals surface area contributed by atoms with Gasteiger partial charge in [0, 0.05) is 20.0 Å². The first-order valence-corrected chi connectivity index (χ1v) is 6.04. The van der Waals surface area contributed by atoms with Crippen molar-refractivity contribution in [2.24, 2.45) is 0 Å². The van der Waals surface area contributed by atoms with Gasteiger partial charge in [-0.25, -0.2) is 4.98 Å². The number of hydrogen-bond acceptors (Lipinski definition) is 5. The molecule has 0 saturated heterocycles. The van der Waals surface area contributed by atoms with Gasteiger partial charge in [-0.1, -0.05) is 0 Å². The molecule has 0 aromatic carbocycles. The quantitative estimate of drug-likeness (QED) is 0.606. The Hall–Kier alpha value is -1.56. The molecular weight excluding hydrogens is 256 g/mol. The molecule has 0 radical (unpaired) electrons. The van der Waals surface area contributed by atoms with Crippen LogP contribution in [0.5, 0.6) is 5.75 Å². The molecule has 0 saturated carbocycles. The Kier molecular flexibility index (Phi) is 5.64. The Morgan fingerprint density at radius 2 is 2.22 bits per heavy atom. The maximum atomic E-state index is 10.7. The molecule has 0 unspecified atom stereocenters. The average molecular weight is 273 g/mol. The summed E-state index contributed by atoms with van der Waals surface area (Å²) in [6.07, 6.45) is 1.54. The molecule has 0 aliphatic carbocycles. The molecule has 0 spiro atoms. The summed E-state index contributed by atoms with van der Waals surface area (Å²) in [6, 6.07) is 0. The van der Waals surface area contributed by atoms with Gasteiger partial charge in [0.25, 0.3) is 0 Å². The summed E-state index contributed by atoms with van der Waals surface area (Å²) in [7, 11) is 0. The van der Waals surface area contributed by atoms with Gasteiger partial charge in [-0.05, 0) is 25.4 Å². The van der Waals surface area contributed by atoms with Crippen molar-refractivity contribution in [2.75, 3.05) is 18.4 Å². The number of nitrogens with one attached hydrogen (secondary N) is 2. The van der Waals surface area contributed by atoms with Crippen molar-refractivity contribution in [1.29, 1.82) is 0 Å². The van der Waals surface area contributed by atoms with Gasteiger partial charge in [-0.3, -0.25) is 4.79 Å². The third kappa shape index (κ3) is 5.18. The second kappa shape index (κ2) is 7.00. The van der Waals surface area contributed by atoms with E-state index in [0.29, 0.717) is 24.7 Å². The van der Waals surface area contributed by atoms with Gasteiger partial charge in [0.2, 0.25) is 11.2 Å². The first-order chi connectivity index (χ1) is 8.49. The lowest BCUT2D eigenvalue weighted by atomic mass is 10.4. The Morgan fingerprint density at radius 3 is 2.83 bits per heavy atom. The number of carbonyl (C=O) groups is 1. The fraction of sp³-hybridized carbons (Fsp3) is 0.545. The maximum absolute atomic E-state index is 10.7. The number of nitrogens with zero attached hydrogens (tertiary/aromatic N) is 2. The lowest BCUT2D eigenvalue weighted by Gasteiger charge is -2.14. The van der Waals surface area contributed by atoms with Crippen molar-refractivity contribution >= 4 is 23.3 Å². The number of hydrogen-bond donors (Lipinski definition) is 2. The molecule has 18 heavy (non-hydrogen) atoms. The summed E-state index contributed by atoms with van der Waals surface area (Å²) in [5, 5.41) is 5.86. The Balaban J connectivity index is 2.61. The predicted molar refractivity (Wildman–Crippen MR) is 70.0 cm³/mol. The van der Waals surface area contributed by atoms with Crippen LogP contribution in [0.25, 0.3) is 0 Å². The second-order valence-electron chi connectivity index (χ2n) is 3.93. The van der Waals surface area contributed by atoms with Crippen LogP contribution in [0.2, 0.25) is 5.28 Å². The van der Waals surface area contributed by atoms with Crippen LogP contribution in [0.4, 0.5) is 5.82 Å². The molecule has 1 aromatic rings. The van der Waals surface area contributed by atoms with E-state index >= 15 is 0 Å². The number of carbonyl (C=O) groups excluding carboxylic acids is 1. The van der Waals surface area contributed by atoms with Crippen LogP contribution in [0, 0.1) is 0 Å². The predicted octanol–water partition coefficient (Wildman–Crippen LogP) is 1.47. The summed E-state index contributed by atoms with van der Waals surface area (Å²) in [4.78, 5) is 18.6. The van der Waals surface area contributed by atoms with Crippen molar-refractivity contribution in [3.63, 3.8) is 0 Å². The summed E-state index contributed by atoms with van der Waals surface area (Å²) >= 11 is 5.73. The summed E-state index contributed by atoms with van der Waals surface area (Å²) in [5.41, 5.74) is 0. The van der Waals surface area contributed by atoms with Crippen LogP contribution in [0.1, 0.15) is 20.8 Å². The van der Waals surface area contributed by atoms with Crippen LogP contribution >= 0.6 is 11.6 Å². The van der Waals surface area contributed by atoms with E-state index in [4.69, 9.17) is 16.3 Å². The molecule has 7 heteroatoms. The maximum Gasteiger partial charge on any atom is 0.224 e. The van der Waals surface area contributed by atoms with Crippen LogP contribution in [0.3, 0.4) is 0 Å². The highest BCUT2D eigenvalue weighted by Gasteiger charge is 2.08. The molecule has 1 amide bonds. The van der Waals surface area contributed by atoms with Gasteiger partial charge >= 0.3 is 0 Å². The first kappa shape index (κ1) is 14.5. The largest absolute Gasteiger partial charge is 0.486 e. The van der Waals surface area contributed by atoms with E-state index in [0.717, 1.165) is 0 Å². The van der Waals surface area contributed by atoms with Gasteiger partial charge < -0.3 is 15.4 Å². The van der Waals surface area contributed by atoms with Crippen LogP contribution in [-0.4, -0.2) is 35.1 Å². The van der Waals surface area contributed by atoms with Gasteiger partial charge in [-0.15, -0.1) is 0 Å². The number of halogens is 1. The zero-order valence-corrected chi connectivity index (χ0v) is 11.4. The lowest BCUT2D eigenvalue weighted by Crippen LogP contribution is -2.26. The van der Waals surface area contributed by atoms with E-state index in [-0.39, 0.29) is 17.3 Å². The van der Waals surface area contributed by atoms with Crippen molar-refractivity contribution in [3.05, 3.63) is 11.5 Å². The molecule has 1 aromatic heterocycles. The standard InChI is InChI=1S/C11H17ClN4O2/c1-7(2)18-9-6-15-11(12)16-10(9)14-5-4-13-8(3)17/h6-7H,4-5H2,1-3H3,(H,13,17)(H,14,15,16). The van der Waals surface area contributed by atoms with Crippen molar-refractivity contribution < 1.29 is 9.53 Å². The molecule has 2 N–H and O–H groups in total. The third-order valence-corrected chi connectivity index (χ3v) is 2.06. The van der Waals surface area contributed by atoms with E-state index in [1.807, 2.05) is 13.8 Å². The number of ether oxygens (including phenoxy) is 1. The van der Waals surface area contributed by atoms with Gasteiger partial charge in [0.15, 0.2) is 11.6 Å². The van der Waals surface area contributed by atoms with Gasteiger partial charge in [-0.2, -0.15) is 4.98 Å². The monoisotopic (exact) mass is 272 g/mol. The number of anilines is 1. The number of rotatable bonds is 6. The molecule has 0 bridgehead atoms. The molecule has 1 rings (SSSR count). The fourth-order valence-electron chi connectivity index (χ4n) is 1.24. The van der Waals surface area contributed by atoms with E-state index < -0.39 is 0 Å². The third-order valence-electron chi connectivity index (χ3n) is 1.88. The van der Waals surface area contributed by atoms with Crippen LogP contribution in [-0.2, 0) is 4.79 Å². The minimum absolute atomic E-state index is 0.0191. The molecule has 0 aliphatic heterocycles. The minimum Gasteiger partial charge on any atom is -0.486 e. The molecular formula is C11H17ClN4O2. The lowest BCUT2D eigenvalue weighted by molar-refractivity contribution is -0.118. The van der Waals surface area contributed by atoms with Crippen molar-refractivity contribution in [2.45, 2.75) is 26.9 Å². The van der Waals surface area contributed by atoms with E-state index in [2.05, 4.69) is 20.6 Å². The van der Waals surface area contributed by atoms with Gasteiger partial charge in [0.1, 0.15) is 0 Å². The molecule has 0 fully saturated rings. The summed E-state index contributed by atoms with van der Waals surface area (Å²) < 4.78 is 5.54. The van der Waals surface area contributed by atoms with Crippen LogP contribution < -0.4 is 15.4 Å². The molecule has 1 heterocycles. The Labute approximate surface area is 111 Å². The SMILES string of the molecule is CC(=O)NCCNc1nc(Cl)ncc1OC(C)C. The first-order valence-electron chi connectivity index (χ1n) is 5.66. The average Bonchev–Trinajstić information content (AvgIpc) is 2.27. The van der Waals surface area contributed by atoms with Crippen LogP contribution in [0.15, 0.2) is 6.20 Å².